The number of ether oxygens (including phenoxy) is 1. The number of halogens is 1. The first kappa shape index (κ1) is 11.0. The maximum absolute atomic E-state index is 5.45. The molecule has 1 atom stereocenters. The van der Waals surface area contributed by atoms with Gasteiger partial charge in [0.1, 0.15) is 5.75 Å². The first-order chi connectivity index (χ1) is 7.33. The van der Waals surface area contributed by atoms with Gasteiger partial charge in [-0.2, -0.15) is 0 Å². The predicted molar refractivity (Wildman–Crippen MR) is 65.5 cm³/mol. The molecule has 0 aromatic heterocycles. The molecule has 1 aromatic carbocycles. The molecule has 82 valence electrons. The van der Waals surface area contributed by atoms with Gasteiger partial charge in [-0.15, -0.1) is 0 Å². The molecule has 1 N–H and O–H groups in total. The highest BCUT2D eigenvalue weighted by Gasteiger charge is 2.19. The largest absolute Gasteiger partial charge is 0.495 e. The Morgan fingerprint density at radius 3 is 3.00 bits per heavy atom. The van der Waals surface area contributed by atoms with Crippen molar-refractivity contribution in [2.75, 3.05) is 20.2 Å². The van der Waals surface area contributed by atoms with E-state index in [2.05, 4.69) is 33.4 Å². The molecular weight excluding hydrogens is 254 g/mol. The Labute approximate surface area is 99.1 Å². The maximum atomic E-state index is 5.45. The second-order valence-electron chi connectivity index (χ2n) is 3.91. The van der Waals surface area contributed by atoms with Crippen molar-refractivity contribution in [3.63, 3.8) is 0 Å². The molecule has 1 unspecified atom stereocenters. The Balaban J connectivity index is 2.29. The van der Waals surface area contributed by atoms with Crippen LogP contribution in [0.2, 0.25) is 0 Å². The van der Waals surface area contributed by atoms with E-state index in [1.165, 1.54) is 18.4 Å². The summed E-state index contributed by atoms with van der Waals surface area (Å²) < 4.78 is 6.50. The highest BCUT2D eigenvalue weighted by atomic mass is 79.9. The van der Waals surface area contributed by atoms with Gasteiger partial charge in [0.05, 0.1) is 11.6 Å². The van der Waals surface area contributed by atoms with Crippen LogP contribution in [0.15, 0.2) is 22.7 Å². The standard InChI is InChI=1S/C12H16BrNO/c1-15-12-10(5-2-6-11(12)13)9-4-3-7-14-8-9/h2,5-6,9,14H,3-4,7-8H2,1H3. The van der Waals surface area contributed by atoms with Gasteiger partial charge >= 0.3 is 0 Å². The van der Waals surface area contributed by atoms with E-state index >= 15 is 0 Å². The minimum Gasteiger partial charge on any atom is -0.495 e. The molecule has 15 heavy (non-hydrogen) atoms. The van der Waals surface area contributed by atoms with Gasteiger partial charge in [0.2, 0.25) is 0 Å². The monoisotopic (exact) mass is 269 g/mol. The van der Waals surface area contributed by atoms with E-state index in [9.17, 15) is 0 Å². The third-order valence-corrected chi connectivity index (χ3v) is 3.56. The average Bonchev–Trinajstić information content (AvgIpc) is 2.30. The fraction of sp³-hybridized carbons (Fsp3) is 0.500. The summed E-state index contributed by atoms with van der Waals surface area (Å²) in [4.78, 5) is 0. The van der Waals surface area contributed by atoms with Crippen molar-refractivity contribution < 1.29 is 4.74 Å². The maximum Gasteiger partial charge on any atom is 0.136 e. The molecule has 2 nitrogen and oxygen atoms in total. The average molecular weight is 270 g/mol. The molecule has 0 spiro atoms. The van der Waals surface area contributed by atoms with E-state index in [0.717, 1.165) is 23.3 Å². The molecule has 1 fully saturated rings. The second kappa shape index (κ2) is 4.99. The molecular formula is C12H16BrNO. The van der Waals surface area contributed by atoms with Crippen LogP contribution in [-0.4, -0.2) is 20.2 Å². The van der Waals surface area contributed by atoms with Crippen molar-refractivity contribution in [3.8, 4) is 5.75 Å². The zero-order valence-corrected chi connectivity index (χ0v) is 10.5. The molecule has 0 radical (unpaired) electrons. The number of piperidine rings is 1. The van der Waals surface area contributed by atoms with Crippen molar-refractivity contribution in [1.82, 2.24) is 5.32 Å². The second-order valence-corrected chi connectivity index (χ2v) is 4.76. The quantitative estimate of drug-likeness (QED) is 0.892. The first-order valence-electron chi connectivity index (χ1n) is 5.36. The Bertz CT molecular complexity index is 334. The van der Waals surface area contributed by atoms with Crippen LogP contribution < -0.4 is 10.1 Å². The molecule has 2 rings (SSSR count). The van der Waals surface area contributed by atoms with Gasteiger partial charge in [0, 0.05) is 12.5 Å². The third kappa shape index (κ3) is 2.34. The lowest BCUT2D eigenvalue weighted by Gasteiger charge is -2.25. The van der Waals surface area contributed by atoms with Gasteiger partial charge in [0.25, 0.3) is 0 Å². The van der Waals surface area contributed by atoms with Crippen LogP contribution in [0, 0.1) is 0 Å². The molecule has 0 amide bonds. The van der Waals surface area contributed by atoms with E-state index < -0.39 is 0 Å². The number of methoxy groups -OCH3 is 1. The van der Waals surface area contributed by atoms with Crippen molar-refractivity contribution in [2.45, 2.75) is 18.8 Å². The molecule has 1 heterocycles. The minimum atomic E-state index is 0.589. The number of rotatable bonds is 2. The highest BCUT2D eigenvalue weighted by molar-refractivity contribution is 9.10. The molecule has 0 bridgehead atoms. The van der Waals surface area contributed by atoms with Gasteiger partial charge < -0.3 is 10.1 Å². The van der Waals surface area contributed by atoms with Crippen LogP contribution in [0.25, 0.3) is 0 Å². The number of hydrogen-bond donors (Lipinski definition) is 1. The Hall–Kier alpha value is -0.540. The Kier molecular flexibility index (Phi) is 3.65. The Morgan fingerprint density at radius 1 is 1.47 bits per heavy atom. The molecule has 3 heteroatoms. The number of nitrogens with one attached hydrogen (secondary N) is 1. The molecule has 1 aromatic rings. The van der Waals surface area contributed by atoms with E-state index in [1.54, 1.807) is 7.11 Å². The highest BCUT2D eigenvalue weighted by Crippen LogP contribution is 2.36. The summed E-state index contributed by atoms with van der Waals surface area (Å²) in [6.45, 7) is 2.21. The Morgan fingerprint density at radius 2 is 2.33 bits per heavy atom. The van der Waals surface area contributed by atoms with Crippen molar-refractivity contribution >= 4 is 15.9 Å². The third-order valence-electron chi connectivity index (χ3n) is 2.94. The summed E-state index contributed by atoms with van der Waals surface area (Å²) in [5, 5.41) is 3.43. The lowest BCUT2D eigenvalue weighted by molar-refractivity contribution is 0.390. The summed E-state index contributed by atoms with van der Waals surface area (Å²) in [5.74, 6) is 1.58. The van der Waals surface area contributed by atoms with Crippen molar-refractivity contribution in [1.29, 1.82) is 0 Å². The summed E-state index contributed by atoms with van der Waals surface area (Å²) in [5.41, 5.74) is 1.32. The van der Waals surface area contributed by atoms with Gasteiger partial charge in [-0.3, -0.25) is 0 Å². The van der Waals surface area contributed by atoms with Crippen molar-refractivity contribution in [2.24, 2.45) is 0 Å². The minimum absolute atomic E-state index is 0.589. The van der Waals surface area contributed by atoms with Gasteiger partial charge in [-0.05, 0) is 46.9 Å². The van der Waals surface area contributed by atoms with E-state index in [0.29, 0.717) is 5.92 Å². The molecule has 0 aliphatic carbocycles. The summed E-state index contributed by atoms with van der Waals surface area (Å²) in [6.07, 6.45) is 2.50. The van der Waals surface area contributed by atoms with Crippen LogP contribution in [0.4, 0.5) is 0 Å². The molecule has 1 aliphatic rings. The summed E-state index contributed by atoms with van der Waals surface area (Å²) in [6, 6.07) is 6.27. The zero-order chi connectivity index (χ0) is 10.7. The smallest absolute Gasteiger partial charge is 0.136 e. The lowest BCUT2D eigenvalue weighted by Crippen LogP contribution is -2.28. The molecule has 0 saturated carbocycles. The van der Waals surface area contributed by atoms with Gasteiger partial charge in [-0.1, -0.05) is 12.1 Å². The van der Waals surface area contributed by atoms with Gasteiger partial charge in [0.15, 0.2) is 0 Å². The summed E-state index contributed by atoms with van der Waals surface area (Å²) >= 11 is 3.53. The summed E-state index contributed by atoms with van der Waals surface area (Å²) in [7, 11) is 1.74. The van der Waals surface area contributed by atoms with E-state index in [1.807, 2.05) is 6.07 Å². The van der Waals surface area contributed by atoms with Crippen molar-refractivity contribution in [3.05, 3.63) is 28.2 Å². The molecule has 1 aliphatic heterocycles. The molecule has 1 saturated heterocycles. The number of hydrogen-bond acceptors (Lipinski definition) is 2. The van der Waals surface area contributed by atoms with E-state index in [4.69, 9.17) is 4.74 Å². The zero-order valence-electron chi connectivity index (χ0n) is 8.92. The SMILES string of the molecule is COc1c(Br)cccc1C1CCCNC1. The number of benzene rings is 1. The lowest BCUT2D eigenvalue weighted by atomic mass is 9.91. The first-order valence-corrected chi connectivity index (χ1v) is 6.15. The van der Waals surface area contributed by atoms with E-state index in [-0.39, 0.29) is 0 Å². The fourth-order valence-electron chi connectivity index (χ4n) is 2.18. The topological polar surface area (TPSA) is 21.3 Å². The van der Waals surface area contributed by atoms with Gasteiger partial charge in [-0.25, -0.2) is 0 Å². The van der Waals surface area contributed by atoms with Crippen LogP contribution in [-0.2, 0) is 0 Å². The van der Waals surface area contributed by atoms with Crippen LogP contribution in [0.5, 0.6) is 5.75 Å². The van der Waals surface area contributed by atoms with Crippen LogP contribution in [0.3, 0.4) is 0 Å². The fourth-order valence-corrected chi connectivity index (χ4v) is 2.72. The predicted octanol–water partition coefficient (Wildman–Crippen LogP) is 2.92. The van der Waals surface area contributed by atoms with Crippen LogP contribution in [0.1, 0.15) is 24.3 Å². The van der Waals surface area contributed by atoms with Crippen LogP contribution >= 0.6 is 15.9 Å². The number of para-hydroxylation sites is 1. The normalized spacial score (nSPS) is 21.3.